The summed E-state index contributed by atoms with van der Waals surface area (Å²) in [6.45, 7) is 13.9. The fraction of sp³-hybridized carbons (Fsp3) is 0.937. The molecule has 0 spiro atoms. The molecule has 3 unspecified atom stereocenters. The lowest BCUT2D eigenvalue weighted by molar-refractivity contribution is -0.161. The molecule has 0 saturated carbocycles. The number of phosphoric acid groups is 2. The second-order valence-corrected chi connectivity index (χ2v) is 27.4. The van der Waals surface area contributed by atoms with Crippen LogP contribution >= 0.6 is 15.6 Å². The van der Waals surface area contributed by atoms with Crippen molar-refractivity contribution in [2.24, 2.45) is 23.7 Å². The molecule has 0 radical (unpaired) electrons. The van der Waals surface area contributed by atoms with Gasteiger partial charge in [-0.25, -0.2) is 9.13 Å². The standard InChI is InChI=1S/C63H122O17P2/c1-9-56(8)42-34-26-20-22-30-38-46-63(68)80-59(49-73-60(65)43-35-27-17-13-11-10-12-15-23-31-39-53(2)3)52-78-82(71,72)76-48-57(64)47-75-81(69,70)77-51-58(50-74-61(66)44-36-28-21-19-25-33-41-55(6)7)79-62(67)45-37-29-18-14-16-24-32-40-54(4)5/h53-59,64H,9-52H2,1-8H3,(H,69,70)(H,71,72)/t56?,57-,58+,59+/m0/s1. The molecule has 0 aromatic carbocycles. The van der Waals surface area contributed by atoms with Crippen molar-refractivity contribution in [2.75, 3.05) is 39.6 Å². The van der Waals surface area contributed by atoms with Crippen LogP contribution in [0.4, 0.5) is 0 Å². The summed E-state index contributed by atoms with van der Waals surface area (Å²) < 4.78 is 67.9. The second kappa shape index (κ2) is 53.3. The predicted octanol–water partition coefficient (Wildman–Crippen LogP) is 17.0. The number of ether oxygens (including phenoxy) is 4. The molecule has 0 aliphatic rings. The lowest BCUT2D eigenvalue weighted by atomic mass is 10.00. The van der Waals surface area contributed by atoms with Crippen LogP contribution in [0, 0.1) is 23.7 Å². The molecule has 0 fully saturated rings. The molecule has 0 bridgehead atoms. The summed E-state index contributed by atoms with van der Waals surface area (Å²) in [7, 11) is -9.89. The van der Waals surface area contributed by atoms with Gasteiger partial charge < -0.3 is 33.8 Å². The maximum Gasteiger partial charge on any atom is 0.472 e. The Balaban J connectivity index is 5.24. The normalized spacial score (nSPS) is 14.8. The summed E-state index contributed by atoms with van der Waals surface area (Å²) in [6.07, 6.45) is 32.4. The Kier molecular flexibility index (Phi) is 52.0. The Morgan fingerprint density at radius 1 is 0.341 bits per heavy atom. The van der Waals surface area contributed by atoms with E-state index in [1.807, 2.05) is 0 Å². The highest BCUT2D eigenvalue weighted by atomic mass is 31.2. The molecule has 0 heterocycles. The Morgan fingerprint density at radius 2 is 0.585 bits per heavy atom. The first kappa shape index (κ1) is 80.1. The van der Waals surface area contributed by atoms with Crippen molar-refractivity contribution in [2.45, 2.75) is 318 Å². The van der Waals surface area contributed by atoms with Crippen molar-refractivity contribution in [3.05, 3.63) is 0 Å². The highest BCUT2D eigenvalue weighted by Crippen LogP contribution is 2.45. The average molecular weight is 1210 g/mol. The quantitative estimate of drug-likeness (QED) is 0.0222. The summed E-state index contributed by atoms with van der Waals surface area (Å²) in [5, 5.41) is 10.5. The van der Waals surface area contributed by atoms with Crippen molar-refractivity contribution < 1.29 is 80.2 Å². The van der Waals surface area contributed by atoms with E-state index < -0.39 is 97.5 Å². The number of carbonyl (C=O) groups excluding carboxylic acids is 4. The molecule has 0 aromatic rings. The first-order valence-corrected chi connectivity index (χ1v) is 35.7. The molecule has 0 aromatic heterocycles. The van der Waals surface area contributed by atoms with Gasteiger partial charge in [-0.05, 0) is 49.4 Å². The Morgan fingerprint density at radius 3 is 0.866 bits per heavy atom. The molecule has 3 N–H and O–H groups in total. The minimum Gasteiger partial charge on any atom is -0.462 e. The van der Waals surface area contributed by atoms with Crippen LogP contribution in [-0.4, -0.2) is 96.7 Å². The van der Waals surface area contributed by atoms with Gasteiger partial charge in [0.15, 0.2) is 12.2 Å². The molecule has 0 saturated heterocycles. The molecule has 0 aliphatic heterocycles. The van der Waals surface area contributed by atoms with E-state index in [1.54, 1.807) is 0 Å². The van der Waals surface area contributed by atoms with Crippen LogP contribution in [0.1, 0.15) is 299 Å². The van der Waals surface area contributed by atoms with Crippen LogP contribution in [0.3, 0.4) is 0 Å². The number of rotatable bonds is 60. The van der Waals surface area contributed by atoms with Crippen molar-refractivity contribution in [3.8, 4) is 0 Å². The van der Waals surface area contributed by atoms with E-state index in [1.165, 1.54) is 96.3 Å². The van der Waals surface area contributed by atoms with Gasteiger partial charge in [-0.15, -0.1) is 0 Å². The van der Waals surface area contributed by atoms with Crippen LogP contribution in [0.25, 0.3) is 0 Å². The van der Waals surface area contributed by atoms with Gasteiger partial charge in [0.2, 0.25) is 0 Å². The number of esters is 4. The van der Waals surface area contributed by atoms with E-state index >= 15 is 0 Å². The highest BCUT2D eigenvalue weighted by Gasteiger charge is 2.30. The number of phosphoric ester groups is 2. The summed E-state index contributed by atoms with van der Waals surface area (Å²) >= 11 is 0. The van der Waals surface area contributed by atoms with Gasteiger partial charge in [0.25, 0.3) is 0 Å². The molecule has 0 rings (SSSR count). The number of unbranched alkanes of at least 4 members (excludes halogenated alkanes) is 25. The third-order valence-electron chi connectivity index (χ3n) is 14.7. The predicted molar refractivity (Wildman–Crippen MR) is 326 cm³/mol. The summed E-state index contributed by atoms with van der Waals surface area (Å²) in [5.41, 5.74) is 0. The minimum absolute atomic E-state index is 0.102. The topological polar surface area (TPSA) is 237 Å². The largest absolute Gasteiger partial charge is 0.472 e. The molecule has 486 valence electrons. The fourth-order valence-electron chi connectivity index (χ4n) is 9.22. The molecule has 6 atom stereocenters. The zero-order chi connectivity index (χ0) is 61.1. The molecular formula is C63H122O17P2. The van der Waals surface area contributed by atoms with Crippen LogP contribution in [0.2, 0.25) is 0 Å². The van der Waals surface area contributed by atoms with Crippen LogP contribution in [-0.2, 0) is 65.4 Å². The van der Waals surface area contributed by atoms with Crippen molar-refractivity contribution in [3.63, 3.8) is 0 Å². The van der Waals surface area contributed by atoms with E-state index in [0.717, 1.165) is 108 Å². The fourth-order valence-corrected chi connectivity index (χ4v) is 10.8. The minimum atomic E-state index is -4.94. The Hall–Kier alpha value is -1.94. The maximum atomic E-state index is 13.0. The average Bonchev–Trinajstić information content (AvgIpc) is 3.44. The van der Waals surface area contributed by atoms with Gasteiger partial charge in [0.05, 0.1) is 26.4 Å². The molecular weight excluding hydrogens is 1090 g/mol. The highest BCUT2D eigenvalue weighted by molar-refractivity contribution is 7.47. The number of hydrogen-bond acceptors (Lipinski definition) is 15. The number of aliphatic hydroxyl groups excluding tert-OH is 1. The van der Waals surface area contributed by atoms with Crippen LogP contribution in [0.5, 0.6) is 0 Å². The Labute approximate surface area is 498 Å². The van der Waals surface area contributed by atoms with Gasteiger partial charge in [-0.3, -0.25) is 37.3 Å². The van der Waals surface area contributed by atoms with E-state index in [0.29, 0.717) is 37.5 Å². The molecule has 82 heavy (non-hydrogen) atoms. The summed E-state index contributed by atoms with van der Waals surface area (Å²) in [6, 6.07) is 0. The van der Waals surface area contributed by atoms with E-state index in [9.17, 15) is 43.2 Å². The smallest absolute Gasteiger partial charge is 0.462 e. The lowest BCUT2D eigenvalue weighted by Gasteiger charge is -2.21. The van der Waals surface area contributed by atoms with Gasteiger partial charge in [-0.2, -0.15) is 0 Å². The molecule has 17 nitrogen and oxygen atoms in total. The SMILES string of the molecule is CCC(C)CCCCCCCCC(=O)O[C@H](COC(=O)CCCCCCCCCCCCC(C)C)COP(=O)(O)OC[C@@H](O)COP(=O)(O)OC[C@@H](COC(=O)CCCCCCCCC(C)C)OC(=O)CCCCCCCCCC(C)C. The zero-order valence-corrected chi connectivity index (χ0v) is 54.9. The number of hydrogen-bond donors (Lipinski definition) is 3. The van der Waals surface area contributed by atoms with Crippen LogP contribution < -0.4 is 0 Å². The Bertz CT molecular complexity index is 1650. The number of aliphatic hydroxyl groups is 1. The summed E-state index contributed by atoms with van der Waals surface area (Å²) in [4.78, 5) is 72.1. The molecule has 19 heteroatoms. The summed E-state index contributed by atoms with van der Waals surface area (Å²) in [5.74, 6) is 0.708. The number of carbonyl (C=O) groups is 4. The van der Waals surface area contributed by atoms with E-state index in [2.05, 4.69) is 55.4 Å². The first-order valence-electron chi connectivity index (χ1n) is 32.7. The molecule has 0 amide bonds. The van der Waals surface area contributed by atoms with E-state index in [4.69, 9.17) is 37.0 Å². The first-order chi connectivity index (χ1) is 39.1. The van der Waals surface area contributed by atoms with Gasteiger partial charge in [0.1, 0.15) is 19.3 Å². The van der Waals surface area contributed by atoms with E-state index in [-0.39, 0.29) is 25.7 Å². The van der Waals surface area contributed by atoms with Gasteiger partial charge in [-0.1, -0.05) is 248 Å². The van der Waals surface area contributed by atoms with Gasteiger partial charge in [0, 0.05) is 25.7 Å². The van der Waals surface area contributed by atoms with Crippen LogP contribution in [0.15, 0.2) is 0 Å². The monoisotopic (exact) mass is 1210 g/mol. The zero-order valence-electron chi connectivity index (χ0n) is 53.1. The molecule has 0 aliphatic carbocycles. The third-order valence-corrected chi connectivity index (χ3v) is 16.6. The maximum absolute atomic E-state index is 13.0. The third kappa shape index (κ3) is 55.9. The van der Waals surface area contributed by atoms with Crippen molar-refractivity contribution in [1.82, 2.24) is 0 Å². The van der Waals surface area contributed by atoms with Crippen molar-refractivity contribution >= 4 is 39.5 Å². The second-order valence-electron chi connectivity index (χ2n) is 24.5. The lowest BCUT2D eigenvalue weighted by Crippen LogP contribution is -2.30. The van der Waals surface area contributed by atoms with Crippen molar-refractivity contribution in [1.29, 1.82) is 0 Å². The van der Waals surface area contributed by atoms with Gasteiger partial charge >= 0.3 is 39.5 Å².